The number of carboxylic acid groups (broad SMARTS) is 1. The summed E-state index contributed by atoms with van der Waals surface area (Å²) in [6, 6.07) is 8.89. The number of amides is 1. The van der Waals surface area contributed by atoms with Crippen LogP contribution >= 0.6 is 0 Å². The Morgan fingerprint density at radius 3 is 2.46 bits per heavy atom. The Kier molecular flexibility index (Phi) is 6.36. The normalized spacial score (nSPS) is 11.1. The molecule has 3 N–H and O–H groups in total. The van der Waals surface area contributed by atoms with Crippen LogP contribution in [0.1, 0.15) is 23.4 Å². The average molecular weight is 382 g/mol. The van der Waals surface area contributed by atoms with Crippen LogP contribution < -0.4 is 14.8 Å². The van der Waals surface area contributed by atoms with Gasteiger partial charge in [0.05, 0.1) is 6.61 Å². The first-order valence-electron chi connectivity index (χ1n) is 7.61. The molecule has 0 unspecified atom stereocenters. The molecule has 0 aliphatic heterocycles. The van der Waals surface area contributed by atoms with Gasteiger partial charge in [0.25, 0.3) is 15.9 Å². The van der Waals surface area contributed by atoms with Crippen molar-refractivity contribution in [1.29, 1.82) is 0 Å². The summed E-state index contributed by atoms with van der Waals surface area (Å²) in [5.41, 5.74) is 0.460. The largest absolute Gasteiger partial charge is 0.494 e. The first kappa shape index (κ1) is 19.5. The Balaban J connectivity index is 1.92. The fraction of sp³-hybridized carbons (Fsp3) is 0.250. The summed E-state index contributed by atoms with van der Waals surface area (Å²) in [6.07, 6.45) is 0.423. The predicted molar refractivity (Wildman–Crippen MR) is 91.7 cm³/mol. The second-order valence-corrected chi connectivity index (χ2v) is 6.97. The molecule has 1 heterocycles. The lowest BCUT2D eigenvalue weighted by molar-refractivity contribution is -0.137. The van der Waals surface area contributed by atoms with Crippen molar-refractivity contribution in [3.63, 3.8) is 0 Å². The maximum Gasteiger partial charge on any atom is 0.303 e. The molecule has 1 aromatic carbocycles. The molecule has 0 aliphatic carbocycles. The van der Waals surface area contributed by atoms with Gasteiger partial charge in [0.15, 0.2) is 5.76 Å². The van der Waals surface area contributed by atoms with Gasteiger partial charge in [0.2, 0.25) is 5.09 Å². The molecule has 0 saturated heterocycles. The smallest absolute Gasteiger partial charge is 0.303 e. The lowest BCUT2D eigenvalue weighted by Gasteiger charge is -2.07. The third-order valence-electron chi connectivity index (χ3n) is 3.25. The van der Waals surface area contributed by atoms with Crippen molar-refractivity contribution < 1.29 is 32.3 Å². The van der Waals surface area contributed by atoms with Gasteiger partial charge in [-0.1, -0.05) is 0 Å². The van der Waals surface area contributed by atoms with Gasteiger partial charge in [-0.2, -0.15) is 0 Å². The van der Waals surface area contributed by atoms with Gasteiger partial charge in [-0.3, -0.25) is 9.59 Å². The number of nitrogens with one attached hydrogen (secondary N) is 2. The number of carbonyl (C=O) groups is 2. The van der Waals surface area contributed by atoms with Crippen LogP contribution in [0.2, 0.25) is 0 Å². The first-order valence-corrected chi connectivity index (χ1v) is 9.09. The second-order valence-electron chi connectivity index (χ2n) is 5.15. The number of benzene rings is 1. The van der Waals surface area contributed by atoms with Gasteiger partial charge in [0, 0.05) is 12.1 Å². The van der Waals surface area contributed by atoms with Crippen LogP contribution in [0.3, 0.4) is 0 Å². The van der Waals surface area contributed by atoms with E-state index in [1.165, 1.54) is 19.2 Å². The molecule has 9 nitrogen and oxygen atoms in total. The quantitative estimate of drug-likeness (QED) is 0.562. The Bertz CT molecular complexity index is 872. The summed E-state index contributed by atoms with van der Waals surface area (Å²) < 4.78 is 35.7. The number of carboxylic acids is 1. The van der Waals surface area contributed by atoms with Gasteiger partial charge in [-0.05, 0) is 49.9 Å². The van der Waals surface area contributed by atoms with Crippen LogP contribution in [0.5, 0.6) is 5.75 Å². The van der Waals surface area contributed by atoms with Crippen molar-refractivity contribution in [3.8, 4) is 5.75 Å². The van der Waals surface area contributed by atoms with E-state index in [4.69, 9.17) is 14.3 Å². The molecule has 0 atom stereocenters. The predicted octanol–water partition coefficient (Wildman–Crippen LogP) is 1.68. The maximum atomic E-state index is 12.1. The van der Waals surface area contributed by atoms with E-state index in [1.54, 1.807) is 24.3 Å². The highest BCUT2D eigenvalue weighted by atomic mass is 32.2. The van der Waals surface area contributed by atoms with E-state index >= 15 is 0 Å². The molecule has 10 heteroatoms. The van der Waals surface area contributed by atoms with E-state index in [0.717, 1.165) is 0 Å². The molecular formula is C16H18N2O7S. The molecule has 0 fully saturated rings. The molecule has 2 rings (SSSR count). The van der Waals surface area contributed by atoms with E-state index in [0.29, 0.717) is 17.9 Å². The molecule has 1 aromatic heterocycles. The molecule has 0 bridgehead atoms. The zero-order valence-corrected chi connectivity index (χ0v) is 14.7. The van der Waals surface area contributed by atoms with Gasteiger partial charge < -0.3 is 19.6 Å². The van der Waals surface area contributed by atoms with Crippen LogP contribution in [-0.2, 0) is 14.8 Å². The Hall–Kier alpha value is -2.85. The molecular weight excluding hydrogens is 364 g/mol. The van der Waals surface area contributed by atoms with E-state index in [-0.39, 0.29) is 23.9 Å². The van der Waals surface area contributed by atoms with Crippen LogP contribution in [0, 0.1) is 0 Å². The molecule has 0 aliphatic rings. The molecule has 2 aromatic rings. The number of furan rings is 1. The number of ether oxygens (including phenoxy) is 1. The molecule has 1 amide bonds. The molecule has 0 radical (unpaired) electrons. The Labute approximate surface area is 150 Å². The number of hydrogen-bond acceptors (Lipinski definition) is 6. The van der Waals surface area contributed by atoms with Gasteiger partial charge in [-0.15, -0.1) is 0 Å². The number of rotatable bonds is 9. The minimum Gasteiger partial charge on any atom is -0.494 e. The van der Waals surface area contributed by atoms with Crippen molar-refractivity contribution in [2.75, 3.05) is 19.0 Å². The monoisotopic (exact) mass is 382 g/mol. The Morgan fingerprint density at radius 1 is 1.15 bits per heavy atom. The number of hydrogen-bond donors (Lipinski definition) is 3. The van der Waals surface area contributed by atoms with E-state index in [2.05, 4.69) is 10.0 Å². The molecule has 0 spiro atoms. The zero-order valence-electron chi connectivity index (χ0n) is 13.9. The zero-order chi connectivity index (χ0) is 19.2. The van der Waals surface area contributed by atoms with Crippen molar-refractivity contribution in [1.82, 2.24) is 4.72 Å². The Morgan fingerprint density at radius 2 is 1.85 bits per heavy atom. The highest BCUT2D eigenvalue weighted by Crippen LogP contribution is 2.18. The third kappa shape index (κ3) is 5.33. The van der Waals surface area contributed by atoms with Crippen LogP contribution in [-0.4, -0.2) is 39.1 Å². The van der Waals surface area contributed by atoms with Crippen molar-refractivity contribution in [2.24, 2.45) is 0 Å². The summed E-state index contributed by atoms with van der Waals surface area (Å²) in [5, 5.41) is 10.8. The van der Waals surface area contributed by atoms with Crippen molar-refractivity contribution in [3.05, 3.63) is 42.2 Å². The molecule has 26 heavy (non-hydrogen) atoms. The van der Waals surface area contributed by atoms with Gasteiger partial charge in [-0.25, -0.2) is 13.1 Å². The van der Waals surface area contributed by atoms with E-state index in [1.807, 2.05) is 0 Å². The second kappa shape index (κ2) is 8.50. The lowest BCUT2D eigenvalue weighted by atomic mass is 10.3. The summed E-state index contributed by atoms with van der Waals surface area (Å²) >= 11 is 0. The third-order valence-corrected chi connectivity index (χ3v) is 4.54. The first-order chi connectivity index (χ1) is 12.3. The minimum atomic E-state index is -3.76. The summed E-state index contributed by atoms with van der Waals surface area (Å²) in [5.74, 6) is -1.09. The highest BCUT2D eigenvalue weighted by Gasteiger charge is 2.19. The van der Waals surface area contributed by atoms with Gasteiger partial charge in [0.1, 0.15) is 5.75 Å². The highest BCUT2D eigenvalue weighted by molar-refractivity contribution is 7.89. The van der Waals surface area contributed by atoms with Crippen molar-refractivity contribution in [2.45, 2.75) is 17.9 Å². The summed E-state index contributed by atoms with van der Waals surface area (Å²) in [6.45, 7) is 0.271. The van der Waals surface area contributed by atoms with E-state index in [9.17, 15) is 18.0 Å². The number of sulfonamides is 1. The number of carbonyl (C=O) groups excluding carboxylic acids is 1. The standard InChI is InChI=1S/C16H18N2O7S/c1-17-26(22,23)15-9-8-13(25-15)16(21)18-11-4-6-12(7-5-11)24-10-2-3-14(19)20/h4-9,17H,2-3,10H2,1H3,(H,18,21)(H,19,20). The topological polar surface area (TPSA) is 135 Å². The molecule has 0 saturated carbocycles. The number of aliphatic carboxylic acids is 1. The van der Waals surface area contributed by atoms with Gasteiger partial charge >= 0.3 is 5.97 Å². The minimum absolute atomic E-state index is 0.0303. The maximum absolute atomic E-state index is 12.1. The SMILES string of the molecule is CNS(=O)(=O)c1ccc(C(=O)Nc2ccc(OCCCC(=O)O)cc2)o1. The lowest BCUT2D eigenvalue weighted by Crippen LogP contribution is -2.18. The molecule has 140 valence electrons. The van der Waals surface area contributed by atoms with Crippen LogP contribution in [0.25, 0.3) is 0 Å². The average Bonchev–Trinajstić information content (AvgIpc) is 3.11. The number of anilines is 1. The fourth-order valence-corrected chi connectivity index (χ4v) is 2.58. The summed E-state index contributed by atoms with van der Waals surface area (Å²) in [7, 11) is -2.52. The van der Waals surface area contributed by atoms with E-state index < -0.39 is 21.9 Å². The van der Waals surface area contributed by atoms with Crippen LogP contribution in [0.15, 0.2) is 45.9 Å². The van der Waals surface area contributed by atoms with Crippen molar-refractivity contribution >= 4 is 27.6 Å². The van der Waals surface area contributed by atoms with Crippen LogP contribution in [0.4, 0.5) is 5.69 Å². The fourth-order valence-electron chi connectivity index (χ4n) is 1.93. The summed E-state index contributed by atoms with van der Waals surface area (Å²) in [4.78, 5) is 22.5.